The third-order valence-corrected chi connectivity index (χ3v) is 3.27. The first-order valence-electron chi connectivity index (χ1n) is 5.06. The van der Waals surface area contributed by atoms with Gasteiger partial charge in [0.05, 0.1) is 15.2 Å². The van der Waals surface area contributed by atoms with E-state index in [1.165, 1.54) is 12.3 Å². The van der Waals surface area contributed by atoms with Crippen LogP contribution in [0.15, 0.2) is 39.9 Å². The first kappa shape index (κ1) is 13.1. The summed E-state index contributed by atoms with van der Waals surface area (Å²) in [5.74, 6) is -0.457. The molecule has 6 heteroatoms. The van der Waals surface area contributed by atoms with Crippen molar-refractivity contribution in [3.63, 3.8) is 0 Å². The molecule has 0 spiro atoms. The van der Waals surface area contributed by atoms with E-state index in [0.29, 0.717) is 11.0 Å². The van der Waals surface area contributed by atoms with E-state index in [9.17, 15) is 9.18 Å². The molecule has 0 aliphatic heterocycles. The summed E-state index contributed by atoms with van der Waals surface area (Å²) < 4.78 is 15.1. The average molecular weight is 332 g/mol. The van der Waals surface area contributed by atoms with Crippen LogP contribution in [-0.2, 0) is 6.54 Å². The van der Waals surface area contributed by atoms with Crippen molar-refractivity contribution in [3.8, 4) is 0 Å². The van der Waals surface area contributed by atoms with Crippen LogP contribution in [0.5, 0.6) is 0 Å². The van der Waals surface area contributed by atoms with E-state index in [0.717, 1.165) is 5.56 Å². The van der Waals surface area contributed by atoms with Crippen molar-refractivity contribution in [2.75, 3.05) is 5.73 Å². The lowest BCUT2D eigenvalue weighted by Crippen LogP contribution is -2.13. The van der Waals surface area contributed by atoms with Crippen LogP contribution in [0.3, 0.4) is 0 Å². The number of benzene rings is 1. The van der Waals surface area contributed by atoms with Crippen molar-refractivity contribution >= 4 is 33.2 Å². The van der Waals surface area contributed by atoms with Crippen molar-refractivity contribution in [1.29, 1.82) is 0 Å². The van der Waals surface area contributed by atoms with Gasteiger partial charge in [-0.2, -0.15) is 0 Å². The number of aromatic nitrogens is 1. The Morgan fingerprint density at radius 2 is 2.11 bits per heavy atom. The molecule has 0 aliphatic carbocycles. The molecule has 0 aliphatic rings. The molecule has 0 bridgehead atoms. The lowest BCUT2D eigenvalue weighted by Gasteiger charge is -2.09. The number of hydrogen-bond donors (Lipinski definition) is 1. The molecule has 3 nitrogen and oxygen atoms in total. The van der Waals surface area contributed by atoms with E-state index in [4.69, 9.17) is 17.3 Å². The quantitative estimate of drug-likeness (QED) is 0.919. The second-order valence-electron chi connectivity index (χ2n) is 3.81. The highest BCUT2D eigenvalue weighted by atomic mass is 79.9. The van der Waals surface area contributed by atoms with Gasteiger partial charge in [0, 0.05) is 18.9 Å². The van der Waals surface area contributed by atoms with E-state index in [-0.39, 0.29) is 16.1 Å². The molecule has 2 rings (SSSR count). The maximum atomic E-state index is 13.0. The predicted molar refractivity (Wildman–Crippen MR) is 73.3 cm³/mol. The van der Waals surface area contributed by atoms with E-state index >= 15 is 0 Å². The fourth-order valence-electron chi connectivity index (χ4n) is 1.56. The van der Waals surface area contributed by atoms with Crippen LogP contribution in [0.4, 0.5) is 10.1 Å². The molecule has 0 fully saturated rings. The lowest BCUT2D eigenvalue weighted by molar-refractivity contribution is 0.626. The van der Waals surface area contributed by atoms with E-state index in [1.807, 2.05) is 0 Å². The van der Waals surface area contributed by atoms with E-state index in [2.05, 4.69) is 15.9 Å². The second kappa shape index (κ2) is 5.12. The van der Waals surface area contributed by atoms with Gasteiger partial charge in [0.15, 0.2) is 0 Å². The van der Waals surface area contributed by atoms with Crippen molar-refractivity contribution in [2.45, 2.75) is 6.54 Å². The zero-order chi connectivity index (χ0) is 13.3. The summed E-state index contributed by atoms with van der Waals surface area (Å²) in [7, 11) is 0. The topological polar surface area (TPSA) is 48.0 Å². The third-order valence-electron chi connectivity index (χ3n) is 2.41. The Morgan fingerprint density at radius 1 is 1.39 bits per heavy atom. The summed E-state index contributed by atoms with van der Waals surface area (Å²) in [6, 6.07) is 4.47. The average Bonchev–Trinajstić information content (AvgIpc) is 2.31. The molecule has 18 heavy (non-hydrogen) atoms. The molecule has 0 saturated carbocycles. The van der Waals surface area contributed by atoms with E-state index < -0.39 is 5.82 Å². The molecule has 1 aromatic carbocycles. The zero-order valence-corrected chi connectivity index (χ0v) is 11.5. The van der Waals surface area contributed by atoms with Crippen molar-refractivity contribution in [3.05, 3.63) is 61.7 Å². The number of anilines is 1. The minimum absolute atomic E-state index is 0.0700. The molecule has 0 atom stereocenters. The van der Waals surface area contributed by atoms with Crippen molar-refractivity contribution < 1.29 is 4.39 Å². The van der Waals surface area contributed by atoms with Gasteiger partial charge in [0.2, 0.25) is 5.43 Å². The highest BCUT2D eigenvalue weighted by Gasteiger charge is 2.05. The van der Waals surface area contributed by atoms with Gasteiger partial charge in [-0.3, -0.25) is 4.79 Å². The largest absolute Gasteiger partial charge is 0.394 e. The number of nitrogens with two attached hydrogens (primary N) is 1. The summed E-state index contributed by atoms with van der Waals surface area (Å²) in [5.41, 5.74) is 6.30. The lowest BCUT2D eigenvalue weighted by atomic mass is 10.2. The molecule has 1 aromatic heterocycles. The monoisotopic (exact) mass is 330 g/mol. The molecule has 0 unspecified atom stereocenters. The van der Waals surface area contributed by atoms with Crippen LogP contribution in [0, 0.1) is 5.82 Å². The van der Waals surface area contributed by atoms with Crippen LogP contribution in [0.2, 0.25) is 5.02 Å². The predicted octanol–water partition coefficient (Wildman–Crippen LogP) is 3.03. The Balaban J connectivity index is 2.34. The zero-order valence-electron chi connectivity index (χ0n) is 9.16. The van der Waals surface area contributed by atoms with Gasteiger partial charge in [-0.25, -0.2) is 4.39 Å². The highest BCUT2D eigenvalue weighted by Crippen LogP contribution is 2.17. The fraction of sp³-hybridized carbons (Fsp3) is 0.0833. The number of nitrogens with zero attached hydrogens (tertiary/aromatic N) is 1. The van der Waals surface area contributed by atoms with Gasteiger partial charge >= 0.3 is 0 Å². The molecule has 94 valence electrons. The number of pyridine rings is 1. The Bertz CT molecular complexity index is 631. The molecule has 0 saturated heterocycles. The van der Waals surface area contributed by atoms with Crippen LogP contribution < -0.4 is 11.2 Å². The number of rotatable bonds is 2. The second-order valence-corrected chi connectivity index (χ2v) is 5.07. The smallest absolute Gasteiger partial charge is 0.218 e. The fourth-order valence-corrected chi connectivity index (χ4v) is 2.25. The third kappa shape index (κ3) is 2.73. The summed E-state index contributed by atoms with van der Waals surface area (Å²) >= 11 is 8.84. The van der Waals surface area contributed by atoms with Crippen LogP contribution in [0.25, 0.3) is 0 Å². The Morgan fingerprint density at radius 3 is 2.72 bits per heavy atom. The van der Waals surface area contributed by atoms with Crippen LogP contribution in [0.1, 0.15) is 5.56 Å². The molecule has 1 heterocycles. The normalized spacial score (nSPS) is 10.6. The van der Waals surface area contributed by atoms with Crippen LogP contribution in [-0.4, -0.2) is 4.57 Å². The Hall–Kier alpha value is -1.33. The number of hydrogen-bond acceptors (Lipinski definition) is 2. The number of nitrogen functional groups attached to an aromatic ring is 1. The van der Waals surface area contributed by atoms with Crippen molar-refractivity contribution in [1.82, 2.24) is 4.57 Å². The van der Waals surface area contributed by atoms with Crippen molar-refractivity contribution in [2.24, 2.45) is 0 Å². The van der Waals surface area contributed by atoms with Gasteiger partial charge < -0.3 is 10.3 Å². The summed E-state index contributed by atoms with van der Waals surface area (Å²) in [6.07, 6.45) is 3.15. The maximum Gasteiger partial charge on any atom is 0.218 e. The Kier molecular flexibility index (Phi) is 3.73. The Labute approximate surface area is 116 Å². The summed E-state index contributed by atoms with van der Waals surface area (Å²) in [5, 5.41) is 0.0700. The summed E-state index contributed by atoms with van der Waals surface area (Å²) in [4.78, 5) is 11.4. The molecule has 2 N–H and O–H groups in total. The molecule has 0 amide bonds. The van der Waals surface area contributed by atoms with Crippen LogP contribution >= 0.6 is 27.5 Å². The molecule has 2 aromatic rings. The van der Waals surface area contributed by atoms with E-state index in [1.54, 1.807) is 22.9 Å². The standard InChI is InChI=1S/C12H9BrClFN2O/c13-8-5-17(6-11(16)12(8)18)4-7-1-2-10(15)9(14)3-7/h1-3,5-6H,4,16H2. The van der Waals surface area contributed by atoms with Gasteiger partial charge in [0.1, 0.15) is 5.82 Å². The van der Waals surface area contributed by atoms with Gasteiger partial charge in [-0.1, -0.05) is 17.7 Å². The maximum absolute atomic E-state index is 13.0. The summed E-state index contributed by atoms with van der Waals surface area (Å²) in [6.45, 7) is 0.447. The van der Waals surface area contributed by atoms with Gasteiger partial charge in [-0.05, 0) is 33.6 Å². The SMILES string of the molecule is Nc1cn(Cc2ccc(F)c(Cl)c2)cc(Br)c1=O. The van der Waals surface area contributed by atoms with Gasteiger partial charge in [-0.15, -0.1) is 0 Å². The first-order chi connectivity index (χ1) is 8.47. The molecular weight excluding hydrogens is 322 g/mol. The number of halogens is 3. The highest BCUT2D eigenvalue weighted by molar-refractivity contribution is 9.10. The van der Waals surface area contributed by atoms with Gasteiger partial charge in [0.25, 0.3) is 0 Å². The minimum Gasteiger partial charge on any atom is -0.394 e. The molecule has 0 radical (unpaired) electrons. The minimum atomic E-state index is -0.457. The first-order valence-corrected chi connectivity index (χ1v) is 6.23. The molecular formula is C12H9BrClFN2O.